The highest BCUT2D eigenvalue weighted by molar-refractivity contribution is 7.91. The van der Waals surface area contributed by atoms with Crippen molar-refractivity contribution in [2.45, 2.75) is 31.8 Å². The molecule has 0 saturated heterocycles. The van der Waals surface area contributed by atoms with Gasteiger partial charge in [-0.1, -0.05) is 39.0 Å². The van der Waals surface area contributed by atoms with E-state index < -0.39 is 9.84 Å². The maximum Gasteiger partial charge on any atom is 0.178 e. The lowest BCUT2D eigenvalue weighted by molar-refractivity contribution is -0.102. The fourth-order valence-corrected chi connectivity index (χ4v) is 3.97. The van der Waals surface area contributed by atoms with Crippen LogP contribution in [0.4, 0.5) is 0 Å². The van der Waals surface area contributed by atoms with E-state index in [1.807, 2.05) is 20.8 Å². The van der Waals surface area contributed by atoms with Gasteiger partial charge in [-0.25, -0.2) is 8.42 Å². The van der Waals surface area contributed by atoms with Crippen molar-refractivity contribution >= 4 is 9.84 Å². The van der Waals surface area contributed by atoms with Crippen molar-refractivity contribution < 1.29 is 17.9 Å². The summed E-state index contributed by atoms with van der Waals surface area (Å²) in [6.07, 6.45) is -0.145. The minimum Gasteiger partial charge on any atom is -0.359 e. The van der Waals surface area contributed by atoms with Crippen molar-refractivity contribution in [1.82, 2.24) is 0 Å². The zero-order chi connectivity index (χ0) is 15.2. The molecule has 1 rings (SSSR count). The maximum atomic E-state index is 12.4. The van der Waals surface area contributed by atoms with Crippen LogP contribution in [0.25, 0.3) is 0 Å². The molecule has 0 aliphatic rings. The molecule has 2 atom stereocenters. The molecule has 0 spiro atoms. The van der Waals surface area contributed by atoms with Gasteiger partial charge in [0.15, 0.2) is 9.84 Å². The summed E-state index contributed by atoms with van der Waals surface area (Å²) in [5.41, 5.74) is 0. The van der Waals surface area contributed by atoms with Gasteiger partial charge in [0, 0.05) is 7.11 Å². The minimum absolute atomic E-state index is 0.0730. The first-order valence-corrected chi connectivity index (χ1v) is 8.42. The summed E-state index contributed by atoms with van der Waals surface area (Å²) in [5, 5.41) is 0. The lowest BCUT2D eigenvalue weighted by Gasteiger charge is -2.27. The van der Waals surface area contributed by atoms with Gasteiger partial charge in [0.2, 0.25) is 0 Å². The maximum absolute atomic E-state index is 12.4. The second-order valence-corrected chi connectivity index (χ2v) is 7.39. The monoisotopic (exact) mass is 300 g/mol. The van der Waals surface area contributed by atoms with Crippen LogP contribution in [-0.4, -0.2) is 34.2 Å². The van der Waals surface area contributed by atoms with Crippen LogP contribution in [0.3, 0.4) is 0 Å². The first kappa shape index (κ1) is 17.1. The van der Waals surface area contributed by atoms with Crippen LogP contribution >= 0.6 is 0 Å². The average molecular weight is 300 g/mol. The molecule has 1 aromatic rings. The summed E-state index contributed by atoms with van der Waals surface area (Å²) in [6, 6.07) is 8.53. The van der Waals surface area contributed by atoms with Crippen molar-refractivity contribution in [1.29, 1.82) is 0 Å². The number of hydrogen-bond donors (Lipinski definition) is 0. The van der Waals surface area contributed by atoms with Crippen LogP contribution in [0, 0.1) is 11.8 Å². The molecule has 0 heterocycles. The van der Waals surface area contributed by atoms with Crippen LogP contribution in [0.5, 0.6) is 0 Å². The van der Waals surface area contributed by atoms with Crippen LogP contribution in [0.1, 0.15) is 20.8 Å². The highest BCUT2D eigenvalue weighted by Gasteiger charge is 2.27. The topological polar surface area (TPSA) is 52.6 Å². The molecule has 0 aromatic heterocycles. The zero-order valence-electron chi connectivity index (χ0n) is 12.6. The Bertz CT molecular complexity index is 482. The molecule has 5 heteroatoms. The molecule has 0 amide bonds. The highest BCUT2D eigenvalue weighted by Crippen LogP contribution is 2.21. The SMILES string of the molecule is COCO[C@@H](C(C)C)[C@@H](C)CS(=O)(=O)c1ccccc1. The molecule has 1 aromatic carbocycles. The standard InChI is InChI=1S/C15H24O4S/c1-12(2)15(19-11-18-4)13(3)10-20(16,17)14-8-6-5-7-9-14/h5-9,12-13,15H,10-11H2,1-4H3/t13-,15-/m0/s1. The van der Waals surface area contributed by atoms with E-state index in [4.69, 9.17) is 9.47 Å². The predicted octanol–water partition coefficient (Wildman–Crippen LogP) is 2.74. The molecule has 0 aliphatic carbocycles. The highest BCUT2D eigenvalue weighted by atomic mass is 32.2. The van der Waals surface area contributed by atoms with Crippen molar-refractivity contribution in [2.24, 2.45) is 11.8 Å². The summed E-state index contributed by atoms with van der Waals surface area (Å²) in [5.74, 6) is 0.199. The van der Waals surface area contributed by atoms with Gasteiger partial charge in [-0.15, -0.1) is 0 Å². The lowest BCUT2D eigenvalue weighted by Crippen LogP contribution is -2.33. The fourth-order valence-electron chi connectivity index (χ4n) is 2.33. The van der Waals surface area contributed by atoms with Crippen LogP contribution < -0.4 is 0 Å². The molecular weight excluding hydrogens is 276 g/mol. The van der Waals surface area contributed by atoms with Gasteiger partial charge in [0.05, 0.1) is 16.8 Å². The van der Waals surface area contributed by atoms with E-state index in [0.717, 1.165) is 0 Å². The van der Waals surface area contributed by atoms with Gasteiger partial charge >= 0.3 is 0 Å². The summed E-state index contributed by atoms with van der Waals surface area (Å²) < 4.78 is 35.2. The molecule has 0 unspecified atom stereocenters. The fraction of sp³-hybridized carbons (Fsp3) is 0.600. The Labute approximate surface area is 122 Å². The Balaban J connectivity index is 2.79. The molecule has 0 aliphatic heterocycles. The van der Waals surface area contributed by atoms with Gasteiger partial charge in [-0.05, 0) is 24.0 Å². The molecule has 0 saturated carbocycles. The van der Waals surface area contributed by atoms with E-state index in [1.54, 1.807) is 37.4 Å². The smallest absolute Gasteiger partial charge is 0.178 e. The minimum atomic E-state index is -3.28. The van der Waals surface area contributed by atoms with Gasteiger partial charge in [0.25, 0.3) is 0 Å². The van der Waals surface area contributed by atoms with Gasteiger partial charge in [-0.3, -0.25) is 0 Å². The summed E-state index contributed by atoms with van der Waals surface area (Å²) in [4.78, 5) is 0.362. The van der Waals surface area contributed by atoms with Crippen molar-refractivity contribution in [3.8, 4) is 0 Å². The van der Waals surface area contributed by atoms with Gasteiger partial charge in [-0.2, -0.15) is 0 Å². The second-order valence-electron chi connectivity index (χ2n) is 5.35. The van der Waals surface area contributed by atoms with E-state index in [0.29, 0.717) is 4.90 Å². The van der Waals surface area contributed by atoms with E-state index in [1.165, 1.54) is 0 Å². The Kier molecular flexibility index (Phi) is 6.65. The third kappa shape index (κ3) is 4.89. The first-order chi connectivity index (χ1) is 9.38. The van der Waals surface area contributed by atoms with Crippen molar-refractivity contribution in [3.05, 3.63) is 30.3 Å². The Morgan fingerprint density at radius 2 is 1.70 bits per heavy atom. The van der Waals surface area contributed by atoms with E-state index in [-0.39, 0.29) is 30.5 Å². The molecule has 0 N–H and O–H groups in total. The molecule has 0 radical (unpaired) electrons. The number of methoxy groups -OCH3 is 1. The number of benzene rings is 1. The van der Waals surface area contributed by atoms with Crippen molar-refractivity contribution in [2.75, 3.05) is 19.7 Å². The van der Waals surface area contributed by atoms with Gasteiger partial charge in [0.1, 0.15) is 6.79 Å². The van der Waals surface area contributed by atoms with Gasteiger partial charge < -0.3 is 9.47 Å². The number of sulfone groups is 1. The molecule has 20 heavy (non-hydrogen) atoms. The summed E-state index contributed by atoms with van der Waals surface area (Å²) in [6.45, 7) is 6.12. The third-order valence-corrected chi connectivity index (χ3v) is 5.14. The van der Waals surface area contributed by atoms with E-state index >= 15 is 0 Å². The van der Waals surface area contributed by atoms with Crippen molar-refractivity contribution in [3.63, 3.8) is 0 Å². The number of hydrogen-bond acceptors (Lipinski definition) is 4. The summed E-state index contributed by atoms with van der Waals surface area (Å²) >= 11 is 0. The largest absolute Gasteiger partial charge is 0.359 e. The molecular formula is C15H24O4S. The van der Waals surface area contributed by atoms with Crippen LogP contribution in [-0.2, 0) is 19.3 Å². The number of ether oxygens (including phenoxy) is 2. The second kappa shape index (κ2) is 7.76. The first-order valence-electron chi connectivity index (χ1n) is 6.77. The Morgan fingerprint density at radius 3 is 2.20 bits per heavy atom. The van der Waals surface area contributed by atoms with Crippen LogP contribution in [0.2, 0.25) is 0 Å². The van der Waals surface area contributed by atoms with E-state index in [2.05, 4.69) is 0 Å². The molecule has 0 bridgehead atoms. The van der Waals surface area contributed by atoms with Crippen LogP contribution in [0.15, 0.2) is 35.2 Å². The normalized spacial score (nSPS) is 15.2. The Hall–Kier alpha value is -0.910. The van der Waals surface area contributed by atoms with E-state index in [9.17, 15) is 8.42 Å². The summed E-state index contributed by atoms with van der Waals surface area (Å²) in [7, 11) is -1.73. The average Bonchev–Trinajstić information content (AvgIpc) is 2.39. The predicted molar refractivity (Wildman–Crippen MR) is 79.2 cm³/mol. The quantitative estimate of drug-likeness (QED) is 0.693. The molecule has 114 valence electrons. The lowest BCUT2D eigenvalue weighted by atomic mass is 9.96. The Morgan fingerprint density at radius 1 is 1.10 bits per heavy atom. The zero-order valence-corrected chi connectivity index (χ0v) is 13.4. The molecule has 4 nitrogen and oxygen atoms in total. The number of rotatable bonds is 8. The third-order valence-electron chi connectivity index (χ3n) is 3.18. The molecule has 0 fully saturated rings.